The van der Waals surface area contributed by atoms with E-state index < -0.39 is 42.3 Å². The Hall–Kier alpha value is -2.48. The average molecular weight is 298 g/mol. The average Bonchev–Trinajstić information content (AvgIpc) is 2.41. The number of amides is 2. The quantitative estimate of drug-likeness (QED) is 0.565. The molecule has 0 saturated carbocycles. The summed E-state index contributed by atoms with van der Waals surface area (Å²) in [6.07, 6.45) is -1.29. The smallest absolute Gasteiger partial charge is 0.328 e. The van der Waals surface area contributed by atoms with E-state index in [1.165, 1.54) is 25.1 Å². The lowest BCUT2D eigenvalue weighted by molar-refractivity contribution is -0.144. The summed E-state index contributed by atoms with van der Waals surface area (Å²) in [5.74, 6) is -3.44. The normalized spacial score (nSPS) is 13.1. The number of carboxylic acids is 1. The van der Waals surface area contributed by atoms with Crippen LogP contribution in [0.3, 0.4) is 0 Å². The molecule has 21 heavy (non-hydrogen) atoms. The van der Waals surface area contributed by atoms with Gasteiger partial charge in [0.1, 0.15) is 5.82 Å². The fourth-order valence-electron chi connectivity index (χ4n) is 1.51. The first-order chi connectivity index (χ1) is 9.81. The Morgan fingerprint density at radius 1 is 1.33 bits per heavy atom. The van der Waals surface area contributed by atoms with Crippen LogP contribution in [0.1, 0.15) is 17.3 Å². The van der Waals surface area contributed by atoms with Crippen LogP contribution in [0.2, 0.25) is 0 Å². The molecule has 0 aliphatic heterocycles. The van der Waals surface area contributed by atoms with Crippen molar-refractivity contribution in [3.8, 4) is 0 Å². The highest BCUT2D eigenvalue weighted by Crippen LogP contribution is 2.02. The van der Waals surface area contributed by atoms with E-state index >= 15 is 0 Å². The number of nitrogens with one attached hydrogen (secondary N) is 2. The van der Waals surface area contributed by atoms with Crippen LogP contribution in [-0.2, 0) is 9.59 Å². The molecule has 0 heterocycles. The molecule has 0 bridgehead atoms. The van der Waals surface area contributed by atoms with Gasteiger partial charge in [-0.2, -0.15) is 0 Å². The summed E-state index contributed by atoms with van der Waals surface area (Å²) in [7, 11) is 0. The largest absolute Gasteiger partial charge is 0.480 e. The molecule has 0 radical (unpaired) electrons. The first-order valence-electron chi connectivity index (χ1n) is 6.05. The van der Waals surface area contributed by atoms with Gasteiger partial charge in [0.15, 0.2) is 6.04 Å². The van der Waals surface area contributed by atoms with Gasteiger partial charge in [0.2, 0.25) is 5.91 Å². The number of benzene rings is 1. The molecule has 2 atom stereocenters. The van der Waals surface area contributed by atoms with Crippen LogP contribution < -0.4 is 10.6 Å². The van der Waals surface area contributed by atoms with Crippen LogP contribution in [0.25, 0.3) is 0 Å². The third kappa shape index (κ3) is 5.19. The molecule has 1 aromatic rings. The summed E-state index contributed by atoms with van der Waals surface area (Å²) < 4.78 is 12.9. The van der Waals surface area contributed by atoms with E-state index in [0.717, 1.165) is 6.07 Å². The molecule has 1 aromatic carbocycles. The molecule has 4 N–H and O–H groups in total. The Labute approximate surface area is 119 Å². The van der Waals surface area contributed by atoms with E-state index in [1.54, 1.807) is 0 Å². The van der Waals surface area contributed by atoms with Gasteiger partial charge in [0.05, 0.1) is 12.6 Å². The van der Waals surface area contributed by atoms with Gasteiger partial charge in [0.25, 0.3) is 5.91 Å². The minimum Gasteiger partial charge on any atom is -0.480 e. The van der Waals surface area contributed by atoms with Crippen LogP contribution in [-0.4, -0.2) is 46.7 Å². The van der Waals surface area contributed by atoms with E-state index in [1.807, 2.05) is 0 Å². The number of hydrogen-bond acceptors (Lipinski definition) is 4. The maximum atomic E-state index is 12.9. The van der Waals surface area contributed by atoms with Crippen LogP contribution in [0.15, 0.2) is 24.3 Å². The maximum Gasteiger partial charge on any atom is 0.328 e. The zero-order chi connectivity index (χ0) is 16.0. The van der Waals surface area contributed by atoms with Crippen LogP contribution in [0.4, 0.5) is 4.39 Å². The fraction of sp³-hybridized carbons (Fsp3) is 0.308. The first-order valence-corrected chi connectivity index (χ1v) is 6.05. The van der Waals surface area contributed by atoms with Crippen molar-refractivity contribution in [2.75, 3.05) is 6.54 Å². The van der Waals surface area contributed by atoms with Gasteiger partial charge in [-0.05, 0) is 25.1 Å². The lowest BCUT2D eigenvalue weighted by atomic mass is 10.2. The number of aliphatic hydroxyl groups is 1. The molecule has 1 rings (SSSR count). The number of carbonyl (C=O) groups is 3. The molecule has 0 aliphatic rings. The SMILES string of the molecule is CC(O)C(NC(=O)CNC(=O)c1cccc(F)c1)C(=O)O. The molecule has 2 unspecified atom stereocenters. The van der Waals surface area contributed by atoms with Crippen molar-refractivity contribution in [1.29, 1.82) is 0 Å². The van der Waals surface area contributed by atoms with E-state index in [4.69, 9.17) is 5.11 Å². The Morgan fingerprint density at radius 2 is 2.00 bits per heavy atom. The Bertz CT molecular complexity index is 547. The van der Waals surface area contributed by atoms with Crippen molar-refractivity contribution in [2.45, 2.75) is 19.1 Å². The molecule has 2 amide bonds. The van der Waals surface area contributed by atoms with Crippen molar-refractivity contribution >= 4 is 17.8 Å². The van der Waals surface area contributed by atoms with E-state index in [9.17, 15) is 23.9 Å². The van der Waals surface area contributed by atoms with Gasteiger partial charge in [-0.3, -0.25) is 9.59 Å². The van der Waals surface area contributed by atoms with Crippen molar-refractivity contribution in [1.82, 2.24) is 10.6 Å². The van der Waals surface area contributed by atoms with Gasteiger partial charge in [-0.25, -0.2) is 9.18 Å². The number of carbonyl (C=O) groups excluding carboxylic acids is 2. The highest BCUT2D eigenvalue weighted by atomic mass is 19.1. The Balaban J connectivity index is 2.53. The molecular formula is C13H15FN2O5. The van der Waals surface area contributed by atoms with Crippen LogP contribution in [0, 0.1) is 5.82 Å². The van der Waals surface area contributed by atoms with E-state index in [0.29, 0.717) is 0 Å². The number of halogens is 1. The van der Waals surface area contributed by atoms with Crippen molar-refractivity contribution in [2.24, 2.45) is 0 Å². The van der Waals surface area contributed by atoms with Gasteiger partial charge >= 0.3 is 5.97 Å². The first kappa shape index (κ1) is 16.6. The molecule has 0 aliphatic carbocycles. The predicted molar refractivity (Wildman–Crippen MR) is 70.0 cm³/mol. The lowest BCUT2D eigenvalue weighted by Crippen LogP contribution is -2.50. The molecule has 0 saturated heterocycles. The number of aliphatic carboxylic acids is 1. The number of aliphatic hydroxyl groups excluding tert-OH is 1. The van der Waals surface area contributed by atoms with Crippen molar-refractivity contribution < 1.29 is 29.0 Å². The second kappa shape index (κ2) is 7.34. The molecule has 7 nitrogen and oxygen atoms in total. The van der Waals surface area contributed by atoms with E-state index in [2.05, 4.69) is 10.6 Å². The highest BCUT2D eigenvalue weighted by molar-refractivity contribution is 5.96. The van der Waals surface area contributed by atoms with Gasteiger partial charge in [-0.15, -0.1) is 0 Å². The Morgan fingerprint density at radius 3 is 2.52 bits per heavy atom. The zero-order valence-electron chi connectivity index (χ0n) is 11.2. The second-order valence-electron chi connectivity index (χ2n) is 4.32. The monoisotopic (exact) mass is 298 g/mol. The fourth-order valence-corrected chi connectivity index (χ4v) is 1.51. The summed E-state index contributed by atoms with van der Waals surface area (Å²) in [6.45, 7) is 0.718. The zero-order valence-corrected chi connectivity index (χ0v) is 11.2. The molecule has 114 valence electrons. The maximum absolute atomic E-state index is 12.9. The van der Waals surface area contributed by atoms with Crippen LogP contribution in [0.5, 0.6) is 0 Å². The minimum absolute atomic E-state index is 0.0353. The number of hydrogen-bond donors (Lipinski definition) is 4. The lowest BCUT2D eigenvalue weighted by Gasteiger charge is -2.17. The standard InChI is InChI=1S/C13H15FN2O5/c1-7(17)11(13(20)21)16-10(18)6-15-12(19)8-3-2-4-9(14)5-8/h2-5,7,11,17H,6H2,1H3,(H,15,19)(H,16,18)(H,20,21). The van der Waals surface area contributed by atoms with E-state index in [-0.39, 0.29) is 5.56 Å². The van der Waals surface area contributed by atoms with Crippen LogP contribution >= 0.6 is 0 Å². The third-order valence-corrected chi connectivity index (χ3v) is 2.56. The topological polar surface area (TPSA) is 116 Å². The highest BCUT2D eigenvalue weighted by Gasteiger charge is 2.24. The summed E-state index contributed by atoms with van der Waals surface area (Å²) in [5, 5.41) is 22.2. The van der Waals surface area contributed by atoms with Gasteiger partial charge < -0.3 is 20.8 Å². The van der Waals surface area contributed by atoms with Crippen molar-refractivity contribution in [3.63, 3.8) is 0 Å². The molecular weight excluding hydrogens is 283 g/mol. The Kier molecular flexibility index (Phi) is 5.79. The number of carboxylic acid groups (broad SMARTS) is 1. The summed E-state index contributed by atoms with van der Waals surface area (Å²) >= 11 is 0. The summed E-state index contributed by atoms with van der Waals surface area (Å²) in [6, 6.07) is 3.42. The second-order valence-corrected chi connectivity index (χ2v) is 4.32. The third-order valence-electron chi connectivity index (χ3n) is 2.56. The molecule has 0 fully saturated rings. The molecule has 0 spiro atoms. The number of rotatable bonds is 6. The van der Waals surface area contributed by atoms with Crippen molar-refractivity contribution in [3.05, 3.63) is 35.6 Å². The summed E-state index contributed by atoms with van der Waals surface area (Å²) in [5.41, 5.74) is 0.0353. The molecule has 0 aromatic heterocycles. The predicted octanol–water partition coefficient (Wildman–Crippen LogP) is -0.494. The van der Waals surface area contributed by atoms with Gasteiger partial charge in [-0.1, -0.05) is 6.07 Å². The van der Waals surface area contributed by atoms with Gasteiger partial charge in [0, 0.05) is 5.56 Å². The minimum atomic E-state index is -1.47. The summed E-state index contributed by atoms with van der Waals surface area (Å²) in [4.78, 5) is 33.9. The molecule has 8 heteroatoms.